The molecule has 1 N–H and O–H groups in total. The number of piperidine rings is 1. The third-order valence-electron chi connectivity index (χ3n) is 3.85. The Morgan fingerprint density at radius 2 is 1.67 bits per heavy atom. The first-order valence-electron chi connectivity index (χ1n) is 7.12. The lowest BCUT2D eigenvalue weighted by Gasteiger charge is -2.28. The van der Waals surface area contributed by atoms with Crippen LogP contribution in [0.2, 0.25) is 5.02 Å². The molecule has 4 nitrogen and oxygen atoms in total. The van der Waals surface area contributed by atoms with Gasteiger partial charge in [-0.05, 0) is 49.6 Å². The molecule has 21 heavy (non-hydrogen) atoms. The number of hydrogen-bond acceptors (Lipinski definition) is 2. The first-order valence-corrected chi connectivity index (χ1v) is 7.49. The van der Waals surface area contributed by atoms with Crippen molar-refractivity contribution < 1.29 is 9.90 Å². The van der Waals surface area contributed by atoms with Gasteiger partial charge < -0.3 is 14.6 Å². The largest absolute Gasteiger partial charge is 0.477 e. The van der Waals surface area contributed by atoms with Gasteiger partial charge in [0, 0.05) is 30.7 Å². The van der Waals surface area contributed by atoms with Crippen LogP contribution in [0.1, 0.15) is 29.8 Å². The summed E-state index contributed by atoms with van der Waals surface area (Å²) in [5, 5.41) is 9.63. The van der Waals surface area contributed by atoms with Gasteiger partial charge >= 0.3 is 5.97 Å². The van der Waals surface area contributed by atoms with Crippen LogP contribution in [-0.2, 0) is 0 Å². The normalized spacial score (nSPS) is 15.2. The van der Waals surface area contributed by atoms with Gasteiger partial charge in [-0.2, -0.15) is 0 Å². The summed E-state index contributed by atoms with van der Waals surface area (Å²) >= 11 is 5.92. The van der Waals surface area contributed by atoms with E-state index < -0.39 is 5.97 Å². The molecule has 110 valence electrons. The Labute approximate surface area is 128 Å². The second-order valence-corrected chi connectivity index (χ2v) is 5.72. The van der Waals surface area contributed by atoms with Crippen molar-refractivity contribution in [2.24, 2.45) is 0 Å². The molecule has 1 aliphatic rings. The Balaban J connectivity index is 1.88. The summed E-state index contributed by atoms with van der Waals surface area (Å²) in [6.45, 7) is 2.18. The summed E-state index contributed by atoms with van der Waals surface area (Å²) in [6.07, 6.45) is 5.40. The fraction of sp³-hybridized carbons (Fsp3) is 0.312. The van der Waals surface area contributed by atoms with E-state index in [-0.39, 0.29) is 5.69 Å². The van der Waals surface area contributed by atoms with Gasteiger partial charge in [0.05, 0.1) is 5.02 Å². The highest BCUT2D eigenvalue weighted by molar-refractivity contribution is 6.31. The molecule has 5 heteroatoms. The molecule has 0 saturated carbocycles. The van der Waals surface area contributed by atoms with E-state index in [1.807, 2.05) is 24.3 Å². The molecule has 0 atom stereocenters. The molecule has 3 rings (SSSR count). The molecule has 0 bridgehead atoms. The highest BCUT2D eigenvalue weighted by Crippen LogP contribution is 2.24. The summed E-state index contributed by atoms with van der Waals surface area (Å²) in [4.78, 5) is 13.6. The van der Waals surface area contributed by atoms with Crippen LogP contribution in [0.5, 0.6) is 0 Å². The minimum absolute atomic E-state index is 0.172. The highest BCUT2D eigenvalue weighted by atomic mass is 35.5. The van der Waals surface area contributed by atoms with E-state index in [4.69, 9.17) is 11.6 Å². The maximum Gasteiger partial charge on any atom is 0.352 e. The maximum atomic E-state index is 11.2. The van der Waals surface area contributed by atoms with E-state index in [2.05, 4.69) is 4.90 Å². The monoisotopic (exact) mass is 304 g/mol. The summed E-state index contributed by atoms with van der Waals surface area (Å²) in [7, 11) is 0. The molecule has 1 aromatic heterocycles. The number of benzene rings is 1. The van der Waals surface area contributed by atoms with E-state index >= 15 is 0 Å². The van der Waals surface area contributed by atoms with Gasteiger partial charge in [0.2, 0.25) is 0 Å². The number of carboxylic acid groups (broad SMARTS) is 1. The highest BCUT2D eigenvalue weighted by Gasteiger charge is 2.14. The summed E-state index contributed by atoms with van der Waals surface area (Å²) in [6, 6.07) is 9.42. The van der Waals surface area contributed by atoms with Crippen LogP contribution < -0.4 is 4.90 Å². The van der Waals surface area contributed by atoms with Crippen LogP contribution in [0.15, 0.2) is 36.5 Å². The van der Waals surface area contributed by atoms with E-state index in [0.717, 1.165) is 18.8 Å². The summed E-state index contributed by atoms with van der Waals surface area (Å²) < 4.78 is 1.60. The van der Waals surface area contributed by atoms with Crippen LogP contribution in [0, 0.1) is 0 Å². The molecule has 2 heterocycles. The van der Waals surface area contributed by atoms with Crippen LogP contribution in [-0.4, -0.2) is 28.7 Å². The lowest BCUT2D eigenvalue weighted by atomic mass is 10.1. The number of aromatic nitrogens is 1. The number of aromatic carboxylic acids is 1. The lowest BCUT2D eigenvalue weighted by molar-refractivity contribution is 0.0688. The van der Waals surface area contributed by atoms with Gasteiger partial charge in [0.25, 0.3) is 0 Å². The zero-order valence-corrected chi connectivity index (χ0v) is 12.4. The van der Waals surface area contributed by atoms with Crippen molar-refractivity contribution in [2.75, 3.05) is 18.0 Å². The van der Waals surface area contributed by atoms with Crippen molar-refractivity contribution in [3.8, 4) is 5.69 Å². The summed E-state index contributed by atoms with van der Waals surface area (Å²) in [5.74, 6) is -0.984. The van der Waals surface area contributed by atoms with Gasteiger partial charge in [-0.3, -0.25) is 0 Å². The zero-order valence-electron chi connectivity index (χ0n) is 11.6. The van der Waals surface area contributed by atoms with Crippen molar-refractivity contribution in [3.63, 3.8) is 0 Å². The number of rotatable bonds is 3. The standard InChI is InChI=1S/C16H17ClN2O2/c17-12-10-15(16(20)21)19(11-12)14-6-4-13(5-7-14)18-8-2-1-3-9-18/h4-7,10-11H,1-3,8-9H2,(H,20,21). The third kappa shape index (κ3) is 2.90. The fourth-order valence-corrected chi connectivity index (χ4v) is 2.99. The van der Waals surface area contributed by atoms with Crippen LogP contribution >= 0.6 is 11.6 Å². The van der Waals surface area contributed by atoms with E-state index in [0.29, 0.717) is 5.02 Å². The third-order valence-corrected chi connectivity index (χ3v) is 4.06. The topological polar surface area (TPSA) is 45.5 Å². The van der Waals surface area contributed by atoms with Crippen molar-refractivity contribution in [1.82, 2.24) is 4.57 Å². The number of carbonyl (C=O) groups is 1. The Bertz CT molecular complexity index is 643. The van der Waals surface area contributed by atoms with E-state index in [1.54, 1.807) is 10.8 Å². The number of halogens is 1. The average Bonchev–Trinajstić information content (AvgIpc) is 2.91. The molecular weight excluding hydrogens is 288 g/mol. The van der Waals surface area contributed by atoms with Gasteiger partial charge in [-0.1, -0.05) is 11.6 Å². The van der Waals surface area contributed by atoms with Crippen LogP contribution in [0.4, 0.5) is 5.69 Å². The molecule has 0 radical (unpaired) electrons. The van der Waals surface area contributed by atoms with Gasteiger partial charge in [-0.15, -0.1) is 0 Å². The Morgan fingerprint density at radius 3 is 2.29 bits per heavy atom. The molecule has 2 aromatic rings. The number of carboxylic acids is 1. The molecule has 0 aliphatic carbocycles. The van der Waals surface area contributed by atoms with E-state index in [9.17, 15) is 9.90 Å². The minimum atomic E-state index is -0.984. The smallest absolute Gasteiger partial charge is 0.352 e. The van der Waals surface area contributed by atoms with Crippen LogP contribution in [0.25, 0.3) is 5.69 Å². The van der Waals surface area contributed by atoms with Crippen molar-refractivity contribution in [3.05, 3.63) is 47.2 Å². The minimum Gasteiger partial charge on any atom is -0.477 e. The molecule has 1 fully saturated rings. The average molecular weight is 305 g/mol. The summed E-state index contributed by atoms with van der Waals surface area (Å²) in [5.41, 5.74) is 2.17. The Morgan fingerprint density at radius 1 is 1.05 bits per heavy atom. The second-order valence-electron chi connectivity index (χ2n) is 5.28. The van der Waals surface area contributed by atoms with Crippen LogP contribution in [0.3, 0.4) is 0 Å². The fourth-order valence-electron chi connectivity index (χ4n) is 2.78. The number of hydrogen-bond donors (Lipinski definition) is 1. The van der Waals surface area contributed by atoms with Crippen molar-refractivity contribution in [1.29, 1.82) is 0 Å². The van der Waals surface area contributed by atoms with Crippen molar-refractivity contribution >= 4 is 23.3 Å². The lowest BCUT2D eigenvalue weighted by Crippen LogP contribution is -2.29. The maximum absolute atomic E-state index is 11.2. The predicted octanol–water partition coefficient (Wildman–Crippen LogP) is 3.82. The Hall–Kier alpha value is -1.94. The molecule has 0 amide bonds. The Kier molecular flexibility index (Phi) is 3.88. The predicted molar refractivity (Wildman–Crippen MR) is 83.8 cm³/mol. The molecule has 1 aliphatic heterocycles. The molecule has 0 spiro atoms. The SMILES string of the molecule is O=C(O)c1cc(Cl)cn1-c1ccc(N2CCCCC2)cc1. The van der Waals surface area contributed by atoms with Gasteiger partial charge in [-0.25, -0.2) is 4.79 Å². The molecule has 1 aromatic carbocycles. The molecule has 1 saturated heterocycles. The first-order chi connectivity index (χ1) is 10.1. The second kappa shape index (κ2) is 5.82. The molecule has 0 unspecified atom stereocenters. The number of anilines is 1. The van der Waals surface area contributed by atoms with Crippen molar-refractivity contribution in [2.45, 2.75) is 19.3 Å². The first kappa shape index (κ1) is 14.0. The van der Waals surface area contributed by atoms with Gasteiger partial charge in [0.15, 0.2) is 0 Å². The molecular formula is C16H17ClN2O2. The zero-order chi connectivity index (χ0) is 14.8. The quantitative estimate of drug-likeness (QED) is 0.937. The number of nitrogens with zero attached hydrogens (tertiary/aromatic N) is 2. The van der Waals surface area contributed by atoms with E-state index in [1.165, 1.54) is 31.0 Å². The van der Waals surface area contributed by atoms with Gasteiger partial charge in [0.1, 0.15) is 5.69 Å².